The Morgan fingerprint density at radius 2 is 1.77 bits per heavy atom. The van der Waals surface area contributed by atoms with Crippen LogP contribution in [0, 0.1) is 0 Å². The van der Waals surface area contributed by atoms with E-state index in [2.05, 4.69) is 20.4 Å². The summed E-state index contributed by atoms with van der Waals surface area (Å²) in [5.41, 5.74) is 1.43. The average Bonchev–Trinajstić information content (AvgIpc) is 3.18. The van der Waals surface area contributed by atoms with Crippen LogP contribution in [-0.2, 0) is 19.1 Å². The molecule has 160 valence electrons. The summed E-state index contributed by atoms with van der Waals surface area (Å²) in [6.45, 7) is 1.16. The molecule has 0 spiro atoms. The molecule has 0 radical (unpaired) electrons. The van der Waals surface area contributed by atoms with Gasteiger partial charge in [0.2, 0.25) is 5.91 Å². The molecular formula is C21H19N3O6S. The molecule has 0 aliphatic heterocycles. The molecule has 0 saturated heterocycles. The van der Waals surface area contributed by atoms with Gasteiger partial charge in [0.15, 0.2) is 11.7 Å². The van der Waals surface area contributed by atoms with Crippen molar-refractivity contribution in [2.24, 2.45) is 0 Å². The van der Waals surface area contributed by atoms with Crippen molar-refractivity contribution >= 4 is 56.1 Å². The molecular weight excluding hydrogens is 422 g/mol. The highest BCUT2D eigenvalue weighted by molar-refractivity contribution is 7.22. The number of hydrogen-bond donors (Lipinski definition) is 2. The maximum Gasteiger partial charge on any atom is 0.340 e. The molecule has 0 aliphatic rings. The van der Waals surface area contributed by atoms with Gasteiger partial charge in [-0.1, -0.05) is 30.4 Å². The molecule has 10 heteroatoms. The first kappa shape index (κ1) is 21.9. The van der Waals surface area contributed by atoms with Gasteiger partial charge in [0.1, 0.15) is 0 Å². The molecule has 1 heterocycles. The number of fused-ring (bicyclic) bond motifs is 1. The lowest BCUT2D eigenvalue weighted by Crippen LogP contribution is -2.21. The molecule has 2 amide bonds. The van der Waals surface area contributed by atoms with Crippen molar-refractivity contribution in [1.82, 2.24) is 4.98 Å². The van der Waals surface area contributed by atoms with Crippen molar-refractivity contribution in [2.45, 2.75) is 13.3 Å². The maximum absolute atomic E-state index is 12.4. The van der Waals surface area contributed by atoms with E-state index in [0.717, 1.165) is 0 Å². The van der Waals surface area contributed by atoms with Crippen LogP contribution in [0.5, 0.6) is 0 Å². The number of esters is 2. The van der Waals surface area contributed by atoms with E-state index in [1.807, 2.05) is 0 Å². The molecule has 31 heavy (non-hydrogen) atoms. The van der Waals surface area contributed by atoms with Gasteiger partial charge in [-0.15, -0.1) is 0 Å². The van der Waals surface area contributed by atoms with Crippen LogP contribution in [0.3, 0.4) is 0 Å². The van der Waals surface area contributed by atoms with Crippen LogP contribution in [0.2, 0.25) is 0 Å². The topological polar surface area (TPSA) is 124 Å². The number of carbonyl (C=O) groups excluding carboxylic acids is 4. The third kappa shape index (κ3) is 5.43. The standard InChI is InChI=1S/C21H19N3O6S/c1-3-17(25)22-14-7-5-4-6-13(14)20(28)30-11-18(26)24-21-23-15-9-8-12(19(27)29-2)10-16(15)31-21/h4-10H,3,11H2,1-2H3,(H,22,25)(H,23,24,26). The monoisotopic (exact) mass is 441 g/mol. The van der Waals surface area contributed by atoms with E-state index in [0.29, 0.717) is 26.6 Å². The Morgan fingerprint density at radius 1 is 1.00 bits per heavy atom. The summed E-state index contributed by atoms with van der Waals surface area (Å²) in [4.78, 5) is 52.1. The first-order valence-electron chi connectivity index (χ1n) is 9.26. The summed E-state index contributed by atoms with van der Waals surface area (Å²) in [6.07, 6.45) is 0.259. The molecule has 0 bridgehead atoms. The van der Waals surface area contributed by atoms with Gasteiger partial charge in [0.05, 0.1) is 34.1 Å². The van der Waals surface area contributed by atoms with Gasteiger partial charge in [0.25, 0.3) is 5.91 Å². The maximum atomic E-state index is 12.4. The number of methoxy groups -OCH3 is 1. The van der Waals surface area contributed by atoms with E-state index in [9.17, 15) is 19.2 Å². The fourth-order valence-electron chi connectivity index (χ4n) is 2.60. The molecule has 0 unspecified atom stereocenters. The SMILES string of the molecule is CCC(=O)Nc1ccccc1C(=O)OCC(=O)Nc1nc2ccc(C(=O)OC)cc2s1. The first-order valence-corrected chi connectivity index (χ1v) is 10.1. The van der Waals surface area contributed by atoms with E-state index in [4.69, 9.17) is 4.74 Å². The molecule has 0 fully saturated rings. The predicted octanol–water partition coefficient (Wildman–Crippen LogP) is 3.23. The number of anilines is 2. The lowest BCUT2D eigenvalue weighted by atomic mass is 10.1. The second kappa shape index (κ2) is 9.81. The molecule has 2 N–H and O–H groups in total. The Balaban J connectivity index is 1.62. The first-order chi connectivity index (χ1) is 14.9. The van der Waals surface area contributed by atoms with Crippen molar-refractivity contribution in [3.8, 4) is 0 Å². The number of nitrogens with zero attached hydrogens (tertiary/aromatic N) is 1. The third-order valence-electron chi connectivity index (χ3n) is 4.13. The Kier molecular flexibility index (Phi) is 6.93. The number of thiazole rings is 1. The van der Waals surface area contributed by atoms with Crippen LogP contribution in [0.1, 0.15) is 34.1 Å². The number of aromatic nitrogens is 1. The van der Waals surface area contributed by atoms with Gasteiger partial charge >= 0.3 is 11.9 Å². The number of ether oxygens (including phenoxy) is 2. The smallest absolute Gasteiger partial charge is 0.340 e. The number of rotatable bonds is 7. The molecule has 0 saturated carbocycles. The van der Waals surface area contributed by atoms with Crippen molar-refractivity contribution in [2.75, 3.05) is 24.4 Å². The summed E-state index contributed by atoms with van der Waals surface area (Å²) in [6, 6.07) is 11.2. The van der Waals surface area contributed by atoms with Gasteiger partial charge in [-0.05, 0) is 30.3 Å². The zero-order valence-corrected chi connectivity index (χ0v) is 17.6. The summed E-state index contributed by atoms with van der Waals surface area (Å²) in [7, 11) is 1.29. The van der Waals surface area contributed by atoms with Crippen molar-refractivity contribution < 1.29 is 28.7 Å². The highest BCUT2D eigenvalue weighted by atomic mass is 32.1. The zero-order valence-electron chi connectivity index (χ0n) is 16.8. The summed E-state index contributed by atoms with van der Waals surface area (Å²) < 4.78 is 10.4. The average molecular weight is 441 g/mol. The lowest BCUT2D eigenvalue weighted by Gasteiger charge is -2.10. The minimum Gasteiger partial charge on any atom is -0.465 e. The summed E-state index contributed by atoms with van der Waals surface area (Å²) >= 11 is 1.17. The van der Waals surface area contributed by atoms with Gasteiger partial charge in [-0.2, -0.15) is 0 Å². The van der Waals surface area contributed by atoms with Gasteiger partial charge in [0, 0.05) is 6.42 Å². The van der Waals surface area contributed by atoms with Crippen LogP contribution < -0.4 is 10.6 Å². The zero-order chi connectivity index (χ0) is 22.4. The highest BCUT2D eigenvalue weighted by Gasteiger charge is 2.16. The van der Waals surface area contributed by atoms with Crippen LogP contribution >= 0.6 is 11.3 Å². The summed E-state index contributed by atoms with van der Waals surface area (Å²) in [5, 5.41) is 5.48. The number of hydrogen-bond acceptors (Lipinski definition) is 8. The fourth-order valence-corrected chi connectivity index (χ4v) is 3.52. The molecule has 0 atom stereocenters. The second-order valence-corrected chi connectivity index (χ2v) is 7.30. The molecule has 1 aromatic heterocycles. The third-order valence-corrected chi connectivity index (χ3v) is 5.07. The number of para-hydroxylation sites is 1. The van der Waals surface area contributed by atoms with E-state index < -0.39 is 24.5 Å². The number of nitrogens with one attached hydrogen (secondary N) is 2. The van der Waals surface area contributed by atoms with Crippen LogP contribution in [0.4, 0.5) is 10.8 Å². The predicted molar refractivity (Wildman–Crippen MR) is 115 cm³/mol. The Bertz CT molecular complexity index is 1160. The number of carbonyl (C=O) groups is 4. The van der Waals surface area contributed by atoms with Crippen LogP contribution in [-0.4, -0.2) is 42.5 Å². The normalized spacial score (nSPS) is 10.4. The molecule has 9 nitrogen and oxygen atoms in total. The van der Waals surface area contributed by atoms with Crippen molar-refractivity contribution in [3.05, 3.63) is 53.6 Å². The molecule has 0 aliphatic carbocycles. The highest BCUT2D eigenvalue weighted by Crippen LogP contribution is 2.27. The number of amides is 2. The molecule has 3 rings (SSSR count). The number of benzene rings is 2. The molecule has 3 aromatic rings. The van der Waals surface area contributed by atoms with Gasteiger partial charge in [-0.25, -0.2) is 14.6 Å². The largest absolute Gasteiger partial charge is 0.465 e. The fraction of sp³-hybridized carbons (Fsp3) is 0.190. The quantitative estimate of drug-likeness (QED) is 0.540. The van der Waals surface area contributed by atoms with E-state index >= 15 is 0 Å². The van der Waals surface area contributed by atoms with Gasteiger partial charge < -0.3 is 14.8 Å². The summed E-state index contributed by atoms with van der Waals surface area (Å²) in [5.74, 6) is -2.03. The van der Waals surface area contributed by atoms with Crippen molar-refractivity contribution in [3.63, 3.8) is 0 Å². The van der Waals surface area contributed by atoms with E-state index in [-0.39, 0.29) is 17.9 Å². The molecule has 2 aromatic carbocycles. The minimum atomic E-state index is -0.742. The second-order valence-electron chi connectivity index (χ2n) is 6.26. The van der Waals surface area contributed by atoms with Crippen molar-refractivity contribution in [1.29, 1.82) is 0 Å². The Morgan fingerprint density at radius 3 is 2.52 bits per heavy atom. The lowest BCUT2D eigenvalue weighted by molar-refractivity contribution is -0.119. The van der Waals surface area contributed by atoms with Crippen LogP contribution in [0.25, 0.3) is 10.2 Å². The van der Waals surface area contributed by atoms with E-state index in [1.54, 1.807) is 43.3 Å². The van der Waals surface area contributed by atoms with Crippen LogP contribution in [0.15, 0.2) is 42.5 Å². The Labute approximate surface area is 181 Å². The Hall–Kier alpha value is -3.79. The van der Waals surface area contributed by atoms with E-state index in [1.165, 1.54) is 24.5 Å². The minimum absolute atomic E-state index is 0.146. The van der Waals surface area contributed by atoms with Gasteiger partial charge in [-0.3, -0.25) is 14.9 Å².